The summed E-state index contributed by atoms with van der Waals surface area (Å²) in [5.41, 5.74) is 1.94. The average molecular weight is 458 g/mol. The second-order valence-electron chi connectivity index (χ2n) is 7.00. The predicted octanol–water partition coefficient (Wildman–Crippen LogP) is 3.69. The van der Waals surface area contributed by atoms with Crippen molar-refractivity contribution in [1.82, 2.24) is 9.78 Å². The van der Waals surface area contributed by atoms with Crippen LogP contribution in [-0.4, -0.2) is 36.3 Å². The Morgan fingerprint density at radius 3 is 2.10 bits per heavy atom. The number of hydrogen-bond donors (Lipinski definition) is 0. The topological polar surface area (TPSA) is 89.3 Å². The van der Waals surface area contributed by atoms with Gasteiger partial charge in [-0.1, -0.05) is 48.0 Å². The van der Waals surface area contributed by atoms with Crippen LogP contribution in [0.15, 0.2) is 69.4 Å². The highest BCUT2D eigenvalue weighted by Gasteiger charge is 2.35. The van der Waals surface area contributed by atoms with Crippen molar-refractivity contribution in [1.29, 1.82) is 0 Å². The highest BCUT2D eigenvalue weighted by Crippen LogP contribution is 2.38. The number of benzene rings is 2. The molecule has 1 aromatic heterocycles. The summed E-state index contributed by atoms with van der Waals surface area (Å²) in [6, 6.07) is 15.6. The van der Waals surface area contributed by atoms with Crippen molar-refractivity contribution in [3.05, 3.63) is 65.7 Å². The maximum atomic E-state index is 13.6. The van der Waals surface area contributed by atoms with Crippen molar-refractivity contribution < 1.29 is 18.0 Å². The maximum absolute atomic E-state index is 13.6. The van der Waals surface area contributed by atoms with Crippen molar-refractivity contribution in [2.24, 2.45) is 0 Å². The van der Waals surface area contributed by atoms with Gasteiger partial charge in [-0.2, -0.15) is 5.10 Å². The summed E-state index contributed by atoms with van der Waals surface area (Å²) in [6.45, 7) is 4.61. The van der Waals surface area contributed by atoms with Gasteiger partial charge >= 0.3 is 0 Å². The van der Waals surface area contributed by atoms with Crippen LogP contribution in [0.1, 0.15) is 25.0 Å². The molecule has 0 radical (unpaired) electrons. The Kier molecular flexibility index (Phi) is 6.66. The lowest BCUT2D eigenvalue weighted by atomic mass is 10.1. The molecule has 3 aromatic rings. The van der Waals surface area contributed by atoms with E-state index in [1.807, 2.05) is 31.2 Å². The van der Waals surface area contributed by atoms with E-state index in [-0.39, 0.29) is 27.2 Å². The van der Waals surface area contributed by atoms with Crippen LogP contribution in [0.3, 0.4) is 0 Å². The van der Waals surface area contributed by atoms with E-state index in [1.54, 1.807) is 24.5 Å². The molecule has 2 amide bonds. The molecule has 0 aliphatic carbocycles. The highest BCUT2D eigenvalue weighted by molar-refractivity contribution is 7.99. The van der Waals surface area contributed by atoms with Crippen LogP contribution in [0, 0.1) is 6.92 Å². The summed E-state index contributed by atoms with van der Waals surface area (Å²) < 4.78 is 28.6. The van der Waals surface area contributed by atoms with Crippen LogP contribution in [0.25, 0.3) is 0 Å². The molecule has 0 unspecified atom stereocenters. The van der Waals surface area contributed by atoms with Gasteiger partial charge < -0.3 is 0 Å². The maximum Gasteiger partial charge on any atom is 0.231 e. The van der Waals surface area contributed by atoms with E-state index >= 15 is 0 Å². The summed E-state index contributed by atoms with van der Waals surface area (Å²) in [4.78, 5) is 25.6. The summed E-state index contributed by atoms with van der Waals surface area (Å²) in [5, 5.41) is 4.70. The van der Waals surface area contributed by atoms with Crippen LogP contribution in [0.2, 0.25) is 0 Å². The Hall–Kier alpha value is -2.91. The first-order valence-corrected chi connectivity index (χ1v) is 12.2. The number of aromatic nitrogens is 2. The summed E-state index contributed by atoms with van der Waals surface area (Å²) >= 11 is 1.15. The van der Waals surface area contributed by atoms with Gasteiger partial charge in [0.25, 0.3) is 0 Å². The molecule has 0 atom stereocenters. The fraction of sp³-hybridized carbons (Fsp3) is 0.227. The highest BCUT2D eigenvalue weighted by atomic mass is 32.2. The zero-order chi connectivity index (χ0) is 22.8. The fourth-order valence-electron chi connectivity index (χ4n) is 3.22. The first kappa shape index (κ1) is 22.8. The Labute approximate surface area is 186 Å². The lowest BCUT2D eigenvalue weighted by molar-refractivity contribution is -0.124. The van der Waals surface area contributed by atoms with Gasteiger partial charge in [0.05, 0.1) is 11.4 Å². The standard InChI is InChI=1S/C22H23N3O4S2/c1-15-10-12-18(13-11-15)14-24-22(25(16(2)26)17(3)27)20(21(23-24)30-4)31(28,29)19-8-6-5-7-9-19/h5-13H,14H2,1-4H3. The molecule has 31 heavy (non-hydrogen) atoms. The number of amides is 2. The largest absolute Gasteiger partial charge is 0.274 e. The number of anilines is 1. The van der Waals surface area contributed by atoms with E-state index in [2.05, 4.69) is 5.10 Å². The van der Waals surface area contributed by atoms with Gasteiger partial charge in [-0.15, -0.1) is 11.8 Å². The zero-order valence-corrected chi connectivity index (χ0v) is 19.3. The van der Waals surface area contributed by atoms with E-state index in [0.717, 1.165) is 27.8 Å². The fourth-order valence-corrected chi connectivity index (χ4v) is 5.71. The molecule has 3 rings (SSSR count). The molecule has 2 aromatic carbocycles. The second-order valence-corrected chi connectivity index (χ2v) is 9.68. The second kappa shape index (κ2) is 9.07. The minimum absolute atomic E-state index is 0.0474. The van der Waals surface area contributed by atoms with Crippen LogP contribution >= 0.6 is 11.8 Å². The van der Waals surface area contributed by atoms with Gasteiger partial charge in [0.2, 0.25) is 21.7 Å². The molecule has 0 N–H and O–H groups in total. The van der Waals surface area contributed by atoms with E-state index in [4.69, 9.17) is 0 Å². The molecular weight excluding hydrogens is 434 g/mol. The molecular formula is C22H23N3O4S2. The van der Waals surface area contributed by atoms with E-state index < -0.39 is 21.7 Å². The normalized spacial score (nSPS) is 11.4. The van der Waals surface area contributed by atoms with Crippen LogP contribution in [-0.2, 0) is 26.0 Å². The number of imide groups is 1. The van der Waals surface area contributed by atoms with Crippen molar-refractivity contribution in [3.8, 4) is 0 Å². The number of rotatable bonds is 6. The molecule has 0 spiro atoms. The quantitative estimate of drug-likeness (QED) is 0.525. The number of carbonyl (C=O) groups is 2. The average Bonchev–Trinajstić information content (AvgIpc) is 3.08. The Morgan fingerprint density at radius 2 is 1.58 bits per heavy atom. The number of aryl methyl sites for hydroxylation is 1. The van der Waals surface area contributed by atoms with Crippen molar-refractivity contribution in [2.45, 2.75) is 42.1 Å². The third-order valence-electron chi connectivity index (χ3n) is 4.66. The minimum Gasteiger partial charge on any atom is -0.274 e. The summed E-state index contributed by atoms with van der Waals surface area (Å²) in [5.74, 6) is -1.22. The number of thioether (sulfide) groups is 1. The minimum atomic E-state index is -4.05. The first-order chi connectivity index (χ1) is 14.7. The van der Waals surface area contributed by atoms with Crippen LogP contribution in [0.4, 0.5) is 5.82 Å². The lowest BCUT2D eigenvalue weighted by Gasteiger charge is -2.20. The van der Waals surface area contributed by atoms with E-state index in [1.165, 1.54) is 30.7 Å². The van der Waals surface area contributed by atoms with Gasteiger partial charge in [0.15, 0.2) is 5.82 Å². The number of sulfone groups is 1. The van der Waals surface area contributed by atoms with Gasteiger partial charge in [-0.3, -0.25) is 9.59 Å². The number of hydrogen-bond acceptors (Lipinski definition) is 6. The van der Waals surface area contributed by atoms with E-state index in [0.29, 0.717) is 0 Å². The molecule has 0 aliphatic rings. The molecule has 1 heterocycles. The first-order valence-electron chi connectivity index (χ1n) is 9.48. The molecule has 0 saturated carbocycles. The van der Waals surface area contributed by atoms with Gasteiger partial charge in [-0.05, 0) is 30.9 Å². The van der Waals surface area contributed by atoms with Crippen LogP contribution < -0.4 is 4.90 Å². The molecule has 0 aliphatic heterocycles. The molecule has 0 bridgehead atoms. The molecule has 7 nitrogen and oxygen atoms in total. The molecule has 0 saturated heterocycles. The number of carbonyl (C=O) groups excluding carboxylic acids is 2. The summed E-state index contributed by atoms with van der Waals surface area (Å²) in [7, 11) is -4.05. The zero-order valence-electron chi connectivity index (χ0n) is 17.7. The SMILES string of the molecule is CSc1nn(Cc2ccc(C)cc2)c(N(C(C)=O)C(C)=O)c1S(=O)(=O)c1ccccc1. The number of nitrogens with zero attached hydrogens (tertiary/aromatic N) is 3. The third kappa shape index (κ3) is 4.57. The van der Waals surface area contributed by atoms with Gasteiger partial charge in [0.1, 0.15) is 9.92 Å². The lowest BCUT2D eigenvalue weighted by Crippen LogP contribution is -2.36. The van der Waals surface area contributed by atoms with Crippen molar-refractivity contribution in [3.63, 3.8) is 0 Å². The van der Waals surface area contributed by atoms with Gasteiger partial charge in [-0.25, -0.2) is 18.0 Å². The summed E-state index contributed by atoms with van der Waals surface area (Å²) in [6.07, 6.45) is 1.71. The molecule has 9 heteroatoms. The van der Waals surface area contributed by atoms with Crippen LogP contribution in [0.5, 0.6) is 0 Å². The van der Waals surface area contributed by atoms with Crippen molar-refractivity contribution in [2.75, 3.05) is 11.2 Å². The smallest absolute Gasteiger partial charge is 0.231 e. The van der Waals surface area contributed by atoms with E-state index in [9.17, 15) is 18.0 Å². The Balaban J connectivity index is 2.31. The predicted molar refractivity (Wildman–Crippen MR) is 120 cm³/mol. The Bertz CT molecular complexity index is 1200. The van der Waals surface area contributed by atoms with Crippen molar-refractivity contribution >= 4 is 39.2 Å². The molecule has 162 valence electrons. The molecule has 0 fully saturated rings. The monoisotopic (exact) mass is 457 g/mol. The third-order valence-corrected chi connectivity index (χ3v) is 7.27. The Morgan fingerprint density at radius 1 is 1.00 bits per heavy atom. The van der Waals surface area contributed by atoms with Gasteiger partial charge in [0, 0.05) is 13.8 Å².